The van der Waals surface area contributed by atoms with Crippen LogP contribution in [-0.4, -0.2) is 28.9 Å². The highest BCUT2D eigenvalue weighted by Gasteiger charge is 2.51. The van der Waals surface area contributed by atoms with Crippen molar-refractivity contribution in [1.82, 2.24) is 5.32 Å². The van der Waals surface area contributed by atoms with E-state index < -0.39 is 17.8 Å². The van der Waals surface area contributed by atoms with Gasteiger partial charge in [0.2, 0.25) is 5.91 Å². The number of carbonyl (C=O) groups excluding carboxylic acids is 2. The van der Waals surface area contributed by atoms with Crippen molar-refractivity contribution in [3.8, 4) is 0 Å². The molecule has 2 saturated carbocycles. The fraction of sp³-hybridized carbons (Fsp3) is 0.591. The van der Waals surface area contributed by atoms with E-state index in [2.05, 4.69) is 10.6 Å². The van der Waals surface area contributed by atoms with Crippen molar-refractivity contribution in [3.05, 3.63) is 28.2 Å². The summed E-state index contributed by atoms with van der Waals surface area (Å²) in [6.45, 7) is 3.84. The van der Waals surface area contributed by atoms with Crippen LogP contribution >= 0.6 is 11.3 Å². The molecule has 3 N–H and O–H groups in total. The van der Waals surface area contributed by atoms with E-state index in [0.29, 0.717) is 17.0 Å². The van der Waals surface area contributed by atoms with E-state index in [-0.39, 0.29) is 29.7 Å². The lowest BCUT2D eigenvalue weighted by Crippen LogP contribution is -2.38. The fourth-order valence-electron chi connectivity index (χ4n) is 5.20. The summed E-state index contributed by atoms with van der Waals surface area (Å²) in [6.07, 6.45) is 10.1. The second-order valence-electron chi connectivity index (χ2n) is 8.62. The molecule has 1 heterocycles. The van der Waals surface area contributed by atoms with Crippen molar-refractivity contribution in [2.75, 3.05) is 5.32 Å². The van der Waals surface area contributed by atoms with Crippen molar-refractivity contribution < 1.29 is 19.5 Å². The molecule has 1 aromatic rings. The molecule has 2 bridgehead atoms. The summed E-state index contributed by atoms with van der Waals surface area (Å²) in [5.41, 5.74) is 1.40. The number of carboxylic acid groups (broad SMARTS) is 1. The van der Waals surface area contributed by atoms with E-state index in [4.69, 9.17) is 0 Å². The molecule has 156 valence electrons. The maximum absolute atomic E-state index is 13.1. The maximum Gasteiger partial charge on any atom is 0.307 e. The average Bonchev–Trinajstić information content (AvgIpc) is 3.36. The Labute approximate surface area is 174 Å². The number of aliphatic carboxylic acids is 1. The molecule has 7 heteroatoms. The minimum Gasteiger partial charge on any atom is -0.481 e. The van der Waals surface area contributed by atoms with Gasteiger partial charge in [-0.3, -0.25) is 14.4 Å². The van der Waals surface area contributed by atoms with Gasteiger partial charge in [0.25, 0.3) is 5.91 Å². The van der Waals surface area contributed by atoms with Gasteiger partial charge in [0, 0.05) is 10.9 Å². The maximum atomic E-state index is 13.1. The zero-order chi connectivity index (χ0) is 20.7. The average molecular weight is 417 g/mol. The van der Waals surface area contributed by atoms with Gasteiger partial charge in [-0.1, -0.05) is 31.4 Å². The Morgan fingerprint density at radius 1 is 1.03 bits per heavy atom. The quantitative estimate of drug-likeness (QED) is 0.635. The Morgan fingerprint density at radius 3 is 2.34 bits per heavy atom. The Balaban J connectivity index is 1.54. The molecule has 6 nitrogen and oxygen atoms in total. The van der Waals surface area contributed by atoms with Crippen LogP contribution in [0.4, 0.5) is 5.00 Å². The normalized spacial score (nSPS) is 28.5. The summed E-state index contributed by atoms with van der Waals surface area (Å²) in [7, 11) is 0. The number of aryl methyl sites for hydroxylation is 1. The first-order valence-corrected chi connectivity index (χ1v) is 11.3. The Morgan fingerprint density at radius 2 is 1.69 bits per heavy atom. The number of thiophene rings is 1. The standard InChI is InChI=1S/C22H28N2O4S/c1-11-12(2)29-21(16(11)19(25)23-15-6-4-3-5-7-15)24-20(26)17-13-8-9-14(10-13)18(17)22(27)28/h8-9,13-15,17-18H,3-7,10H2,1-2H3,(H,23,25)(H,24,26)(H,27,28)/t13-,14+,17-,18+/m1/s1. The summed E-state index contributed by atoms with van der Waals surface area (Å²) < 4.78 is 0. The molecule has 4 atom stereocenters. The molecular weight excluding hydrogens is 388 g/mol. The summed E-state index contributed by atoms with van der Waals surface area (Å²) >= 11 is 1.39. The summed E-state index contributed by atoms with van der Waals surface area (Å²) in [5, 5.41) is 16.2. The van der Waals surface area contributed by atoms with Crippen LogP contribution in [0.25, 0.3) is 0 Å². The van der Waals surface area contributed by atoms with Gasteiger partial charge in [-0.2, -0.15) is 0 Å². The van der Waals surface area contributed by atoms with Crippen LogP contribution < -0.4 is 10.6 Å². The number of carbonyl (C=O) groups is 3. The molecule has 3 aliphatic carbocycles. The largest absolute Gasteiger partial charge is 0.481 e. The minimum absolute atomic E-state index is 0.0391. The predicted molar refractivity (Wildman–Crippen MR) is 112 cm³/mol. The van der Waals surface area contributed by atoms with Gasteiger partial charge < -0.3 is 15.7 Å². The zero-order valence-electron chi connectivity index (χ0n) is 16.9. The first-order valence-electron chi connectivity index (χ1n) is 10.5. The minimum atomic E-state index is -0.921. The van der Waals surface area contributed by atoms with Gasteiger partial charge in [0.05, 0.1) is 17.4 Å². The van der Waals surface area contributed by atoms with Crippen LogP contribution in [0, 0.1) is 37.5 Å². The second kappa shape index (κ2) is 7.94. The molecule has 2 fully saturated rings. The van der Waals surface area contributed by atoms with Crippen molar-refractivity contribution in [2.45, 2.75) is 58.4 Å². The van der Waals surface area contributed by atoms with E-state index in [0.717, 1.165) is 36.1 Å². The highest BCUT2D eigenvalue weighted by atomic mass is 32.1. The molecule has 0 aromatic carbocycles. The lowest BCUT2D eigenvalue weighted by molar-refractivity contribution is -0.146. The molecule has 0 unspecified atom stereocenters. The van der Waals surface area contributed by atoms with Gasteiger partial charge in [0.15, 0.2) is 0 Å². The smallest absolute Gasteiger partial charge is 0.307 e. The number of rotatable bonds is 5. The molecule has 2 amide bonds. The first-order chi connectivity index (χ1) is 13.9. The van der Waals surface area contributed by atoms with Gasteiger partial charge >= 0.3 is 5.97 Å². The van der Waals surface area contributed by atoms with E-state index in [9.17, 15) is 19.5 Å². The van der Waals surface area contributed by atoms with Crippen LogP contribution in [0.5, 0.6) is 0 Å². The van der Waals surface area contributed by atoms with Crippen molar-refractivity contribution in [1.29, 1.82) is 0 Å². The SMILES string of the molecule is Cc1sc(NC(=O)[C@H]2[C@@H](C(=O)O)[C@H]3C=C[C@@H]2C3)c(C(=O)NC2CCCCC2)c1C. The van der Waals surface area contributed by atoms with E-state index >= 15 is 0 Å². The molecule has 4 rings (SSSR count). The monoisotopic (exact) mass is 416 g/mol. The summed E-state index contributed by atoms with van der Waals surface area (Å²) in [6, 6.07) is 0.187. The number of carboxylic acids is 1. The zero-order valence-corrected chi connectivity index (χ0v) is 17.7. The third-order valence-corrected chi connectivity index (χ3v) is 7.96. The molecule has 0 aliphatic heterocycles. The van der Waals surface area contributed by atoms with Crippen molar-refractivity contribution >= 4 is 34.1 Å². The van der Waals surface area contributed by atoms with Crippen LogP contribution in [0.2, 0.25) is 0 Å². The lowest BCUT2D eigenvalue weighted by Gasteiger charge is -2.24. The molecule has 1 aromatic heterocycles. The van der Waals surface area contributed by atoms with Crippen LogP contribution in [0.15, 0.2) is 12.2 Å². The van der Waals surface area contributed by atoms with Crippen LogP contribution in [0.3, 0.4) is 0 Å². The van der Waals surface area contributed by atoms with E-state index in [1.807, 2.05) is 26.0 Å². The van der Waals surface area contributed by atoms with Gasteiger partial charge in [-0.15, -0.1) is 11.3 Å². The number of amides is 2. The van der Waals surface area contributed by atoms with E-state index in [1.54, 1.807) is 0 Å². The Hall–Kier alpha value is -2.15. The summed E-state index contributed by atoms with van der Waals surface area (Å²) in [4.78, 5) is 38.8. The Kier molecular flexibility index (Phi) is 5.51. The van der Waals surface area contributed by atoms with Crippen LogP contribution in [0.1, 0.15) is 59.3 Å². The fourth-order valence-corrected chi connectivity index (χ4v) is 6.27. The first kappa shape index (κ1) is 20.1. The highest BCUT2D eigenvalue weighted by molar-refractivity contribution is 7.16. The summed E-state index contributed by atoms with van der Waals surface area (Å²) in [5.74, 6) is -2.74. The molecule has 0 saturated heterocycles. The lowest BCUT2D eigenvalue weighted by atomic mass is 9.82. The van der Waals surface area contributed by atoms with Crippen molar-refractivity contribution in [3.63, 3.8) is 0 Å². The number of fused-ring (bicyclic) bond motifs is 2. The second-order valence-corrected chi connectivity index (χ2v) is 9.85. The predicted octanol–water partition coefficient (Wildman–Crippen LogP) is 3.89. The number of hydrogen-bond acceptors (Lipinski definition) is 4. The number of hydrogen-bond donors (Lipinski definition) is 3. The van der Waals surface area contributed by atoms with Crippen molar-refractivity contribution in [2.24, 2.45) is 23.7 Å². The van der Waals surface area contributed by atoms with Crippen LogP contribution in [-0.2, 0) is 9.59 Å². The highest BCUT2D eigenvalue weighted by Crippen LogP contribution is 2.48. The molecular formula is C22H28N2O4S. The van der Waals surface area contributed by atoms with Gasteiger partial charge in [-0.25, -0.2) is 0 Å². The number of nitrogens with one attached hydrogen (secondary N) is 2. The molecule has 3 aliphatic rings. The Bertz CT molecular complexity index is 868. The van der Waals surface area contributed by atoms with Gasteiger partial charge in [-0.05, 0) is 50.5 Å². The number of anilines is 1. The molecule has 29 heavy (non-hydrogen) atoms. The molecule has 0 radical (unpaired) electrons. The van der Waals surface area contributed by atoms with E-state index in [1.165, 1.54) is 17.8 Å². The third kappa shape index (κ3) is 3.72. The number of allylic oxidation sites excluding steroid dienone is 2. The topological polar surface area (TPSA) is 95.5 Å². The van der Waals surface area contributed by atoms with Gasteiger partial charge in [0.1, 0.15) is 5.00 Å². The third-order valence-electron chi connectivity index (χ3n) is 6.84. The molecule has 0 spiro atoms.